The third-order valence-electron chi connectivity index (χ3n) is 2.25. The molecule has 1 aliphatic rings. The summed E-state index contributed by atoms with van der Waals surface area (Å²) in [6.07, 6.45) is 1.84. The highest BCUT2D eigenvalue weighted by atomic mass is 16.5. The van der Waals surface area contributed by atoms with Gasteiger partial charge in [-0.3, -0.25) is 0 Å². The van der Waals surface area contributed by atoms with Gasteiger partial charge in [-0.05, 0) is 19.1 Å². The number of aliphatic hydroxyl groups is 1. The number of pyridine rings is 1. The monoisotopic (exact) mass is 194 g/mol. The van der Waals surface area contributed by atoms with E-state index in [2.05, 4.69) is 9.88 Å². The van der Waals surface area contributed by atoms with Crippen LogP contribution in [0.5, 0.6) is 5.88 Å². The van der Waals surface area contributed by atoms with E-state index in [-0.39, 0.29) is 12.7 Å². The van der Waals surface area contributed by atoms with Gasteiger partial charge in [-0.25, -0.2) is 4.98 Å². The predicted octanol–water partition coefficient (Wildman–Crippen LogP) is 0.661. The van der Waals surface area contributed by atoms with Crippen molar-refractivity contribution in [1.29, 1.82) is 0 Å². The molecule has 1 aromatic rings. The lowest BCUT2D eigenvalue weighted by molar-refractivity contribution is 0.198. The number of anilines is 1. The van der Waals surface area contributed by atoms with Crippen LogP contribution in [0.4, 0.5) is 5.69 Å². The first-order valence-electron chi connectivity index (χ1n) is 4.78. The minimum Gasteiger partial charge on any atom is -0.471 e. The van der Waals surface area contributed by atoms with E-state index in [1.54, 1.807) is 6.20 Å². The van der Waals surface area contributed by atoms with Gasteiger partial charge in [0.05, 0.1) is 13.2 Å². The first-order chi connectivity index (χ1) is 6.81. The van der Waals surface area contributed by atoms with Crippen LogP contribution in [-0.2, 0) is 0 Å². The summed E-state index contributed by atoms with van der Waals surface area (Å²) >= 11 is 0. The Kier molecular flexibility index (Phi) is 2.54. The second-order valence-corrected chi connectivity index (χ2v) is 3.43. The van der Waals surface area contributed by atoms with Gasteiger partial charge in [0.1, 0.15) is 11.8 Å². The van der Waals surface area contributed by atoms with E-state index < -0.39 is 0 Å². The number of β-amino-alcohol motifs (C(OH)–C–C–N with tert-alkyl or cyclic N) is 1. The zero-order valence-corrected chi connectivity index (χ0v) is 8.18. The molecule has 76 valence electrons. The number of fused-ring (bicyclic) bond motifs is 1. The van der Waals surface area contributed by atoms with Crippen LogP contribution < -0.4 is 9.64 Å². The van der Waals surface area contributed by atoms with Gasteiger partial charge < -0.3 is 14.7 Å². The van der Waals surface area contributed by atoms with Crippen molar-refractivity contribution in [3.05, 3.63) is 18.3 Å². The molecule has 4 heteroatoms. The van der Waals surface area contributed by atoms with Gasteiger partial charge in [0.2, 0.25) is 5.88 Å². The second kappa shape index (κ2) is 3.84. The Labute approximate surface area is 83.1 Å². The minimum absolute atomic E-state index is 0.129. The molecule has 0 amide bonds. The number of hydrogen-bond donors (Lipinski definition) is 1. The Morgan fingerprint density at radius 1 is 1.71 bits per heavy atom. The van der Waals surface area contributed by atoms with Crippen LogP contribution in [0.3, 0.4) is 0 Å². The lowest BCUT2D eigenvalue weighted by Crippen LogP contribution is -2.40. The molecule has 1 aromatic heterocycles. The summed E-state index contributed by atoms with van der Waals surface area (Å²) in [5.74, 6) is 0.666. The molecule has 1 N–H and O–H groups in total. The summed E-state index contributed by atoms with van der Waals surface area (Å²) in [7, 11) is 0. The molecule has 1 aliphatic heterocycles. The summed E-state index contributed by atoms with van der Waals surface area (Å²) in [5, 5.41) is 8.93. The lowest BCUT2D eigenvalue weighted by atomic mass is 10.2. The summed E-state index contributed by atoms with van der Waals surface area (Å²) < 4.78 is 5.57. The highest BCUT2D eigenvalue weighted by Gasteiger charge is 2.22. The fourth-order valence-electron chi connectivity index (χ4n) is 1.68. The molecule has 0 spiro atoms. The van der Waals surface area contributed by atoms with Crippen LogP contribution >= 0.6 is 0 Å². The van der Waals surface area contributed by atoms with Gasteiger partial charge in [-0.1, -0.05) is 0 Å². The summed E-state index contributed by atoms with van der Waals surface area (Å²) in [6.45, 7) is 3.59. The molecular weight excluding hydrogens is 180 g/mol. The number of aromatic nitrogens is 1. The Morgan fingerprint density at radius 2 is 2.57 bits per heavy atom. The van der Waals surface area contributed by atoms with E-state index in [4.69, 9.17) is 9.84 Å². The fraction of sp³-hybridized carbons (Fsp3) is 0.500. The third kappa shape index (κ3) is 1.65. The number of nitrogens with zero attached hydrogens (tertiary/aromatic N) is 2. The standard InChI is InChI=1S/C10H14N2O2/c1-8-7-12(5-6-13)9-3-2-4-11-10(9)14-8/h2-4,8,13H,5-7H2,1H3/t8-/m0/s1. The van der Waals surface area contributed by atoms with Crippen LogP contribution in [0.25, 0.3) is 0 Å². The molecule has 0 fully saturated rings. The van der Waals surface area contributed by atoms with Crippen LogP contribution in [0.2, 0.25) is 0 Å². The topological polar surface area (TPSA) is 45.6 Å². The average Bonchev–Trinajstić information content (AvgIpc) is 2.18. The van der Waals surface area contributed by atoms with Crippen molar-refractivity contribution in [3.8, 4) is 5.88 Å². The van der Waals surface area contributed by atoms with Crippen LogP contribution in [0.15, 0.2) is 18.3 Å². The van der Waals surface area contributed by atoms with Crippen molar-refractivity contribution in [1.82, 2.24) is 4.98 Å². The molecule has 0 saturated carbocycles. The van der Waals surface area contributed by atoms with Gasteiger partial charge in [0.25, 0.3) is 0 Å². The van der Waals surface area contributed by atoms with Crippen molar-refractivity contribution in [2.75, 3.05) is 24.6 Å². The van der Waals surface area contributed by atoms with Crippen LogP contribution in [0, 0.1) is 0 Å². The third-order valence-corrected chi connectivity index (χ3v) is 2.25. The van der Waals surface area contributed by atoms with Gasteiger partial charge in [-0.2, -0.15) is 0 Å². The van der Waals surface area contributed by atoms with E-state index in [0.717, 1.165) is 12.2 Å². The molecule has 0 bridgehead atoms. The van der Waals surface area contributed by atoms with Crippen molar-refractivity contribution < 1.29 is 9.84 Å². The van der Waals surface area contributed by atoms with Crippen LogP contribution in [-0.4, -0.2) is 35.9 Å². The maximum atomic E-state index is 8.93. The van der Waals surface area contributed by atoms with Crippen molar-refractivity contribution >= 4 is 5.69 Å². The van der Waals surface area contributed by atoms with Crippen molar-refractivity contribution in [2.24, 2.45) is 0 Å². The molecule has 14 heavy (non-hydrogen) atoms. The van der Waals surface area contributed by atoms with E-state index >= 15 is 0 Å². The Bertz CT molecular complexity index is 317. The lowest BCUT2D eigenvalue weighted by Gasteiger charge is -2.33. The molecule has 4 nitrogen and oxygen atoms in total. The molecular formula is C10H14N2O2. The van der Waals surface area contributed by atoms with Gasteiger partial charge >= 0.3 is 0 Å². The number of hydrogen-bond acceptors (Lipinski definition) is 4. The van der Waals surface area contributed by atoms with Gasteiger partial charge in [0.15, 0.2) is 0 Å². The Morgan fingerprint density at radius 3 is 3.36 bits per heavy atom. The maximum absolute atomic E-state index is 8.93. The summed E-state index contributed by atoms with van der Waals surface area (Å²) in [5.41, 5.74) is 0.972. The second-order valence-electron chi connectivity index (χ2n) is 3.43. The van der Waals surface area contributed by atoms with Crippen LogP contribution in [0.1, 0.15) is 6.92 Å². The SMILES string of the molecule is C[C@H]1CN(CCO)c2cccnc2O1. The first kappa shape index (κ1) is 9.27. The zero-order valence-electron chi connectivity index (χ0n) is 8.18. The molecule has 0 aromatic carbocycles. The quantitative estimate of drug-likeness (QED) is 0.751. The summed E-state index contributed by atoms with van der Waals surface area (Å²) in [4.78, 5) is 6.25. The van der Waals surface area contributed by atoms with Gasteiger partial charge in [-0.15, -0.1) is 0 Å². The normalized spacial score (nSPS) is 20.1. The Balaban J connectivity index is 2.28. The van der Waals surface area contributed by atoms with E-state index in [1.165, 1.54) is 0 Å². The molecule has 2 rings (SSSR count). The maximum Gasteiger partial charge on any atom is 0.237 e. The smallest absolute Gasteiger partial charge is 0.237 e. The number of aliphatic hydroxyl groups excluding tert-OH is 1. The highest BCUT2D eigenvalue weighted by molar-refractivity contribution is 5.56. The first-order valence-corrected chi connectivity index (χ1v) is 4.78. The van der Waals surface area contributed by atoms with Crippen molar-refractivity contribution in [2.45, 2.75) is 13.0 Å². The largest absolute Gasteiger partial charge is 0.471 e. The van der Waals surface area contributed by atoms with Crippen molar-refractivity contribution in [3.63, 3.8) is 0 Å². The highest BCUT2D eigenvalue weighted by Crippen LogP contribution is 2.30. The molecule has 2 heterocycles. The number of ether oxygens (including phenoxy) is 1. The molecule has 0 radical (unpaired) electrons. The molecule has 0 unspecified atom stereocenters. The fourth-order valence-corrected chi connectivity index (χ4v) is 1.68. The Hall–Kier alpha value is -1.29. The predicted molar refractivity (Wildman–Crippen MR) is 53.6 cm³/mol. The van der Waals surface area contributed by atoms with Gasteiger partial charge in [0, 0.05) is 12.7 Å². The molecule has 0 aliphatic carbocycles. The minimum atomic E-state index is 0.129. The van der Waals surface area contributed by atoms with E-state index in [1.807, 2.05) is 19.1 Å². The molecule has 1 atom stereocenters. The van der Waals surface area contributed by atoms with E-state index in [0.29, 0.717) is 12.4 Å². The average molecular weight is 194 g/mol. The van der Waals surface area contributed by atoms with E-state index in [9.17, 15) is 0 Å². The molecule has 0 saturated heterocycles. The zero-order chi connectivity index (χ0) is 9.97. The summed E-state index contributed by atoms with van der Waals surface area (Å²) in [6, 6.07) is 3.84. The number of rotatable bonds is 2.